The molecule has 37 heavy (non-hydrogen) atoms. The van der Waals surface area contributed by atoms with Gasteiger partial charge in [-0.1, -0.05) is 24.3 Å². The van der Waals surface area contributed by atoms with Gasteiger partial charge in [-0.3, -0.25) is 9.69 Å². The van der Waals surface area contributed by atoms with Crippen LogP contribution < -0.4 is 9.47 Å². The average Bonchev–Trinajstić information content (AvgIpc) is 2.81. The Morgan fingerprint density at radius 2 is 1.57 bits per heavy atom. The summed E-state index contributed by atoms with van der Waals surface area (Å²) >= 11 is 0. The van der Waals surface area contributed by atoms with Crippen LogP contribution in [-0.2, 0) is 10.7 Å². The molecule has 3 aromatic carbocycles. The second kappa shape index (κ2) is 11.5. The molecule has 0 amide bonds. The predicted octanol–water partition coefficient (Wildman–Crippen LogP) is 6.39. The molecule has 0 aliphatic rings. The maximum Gasteiger partial charge on any atom is 0.573 e. The monoisotopic (exact) mass is 527 g/mol. The number of alkyl halides is 5. The van der Waals surface area contributed by atoms with Gasteiger partial charge in [0.1, 0.15) is 23.4 Å². The van der Waals surface area contributed by atoms with Crippen molar-refractivity contribution in [3.63, 3.8) is 0 Å². The molecule has 0 fully saturated rings. The van der Waals surface area contributed by atoms with E-state index in [1.165, 1.54) is 42.5 Å². The number of nitrogens with zero attached hydrogens (tertiary/aromatic N) is 1. The molecular weight excluding hydrogens is 504 g/mol. The molecule has 0 aliphatic carbocycles. The number of halogens is 6. The van der Waals surface area contributed by atoms with Crippen LogP contribution in [0.3, 0.4) is 0 Å². The number of hydrogen-bond acceptors (Lipinski definition) is 4. The van der Waals surface area contributed by atoms with Crippen molar-refractivity contribution in [1.82, 2.24) is 4.90 Å². The molecule has 0 aromatic heterocycles. The van der Waals surface area contributed by atoms with Crippen LogP contribution >= 0.6 is 0 Å². The molecule has 0 saturated heterocycles. The fourth-order valence-electron chi connectivity index (χ4n) is 3.62. The lowest BCUT2D eigenvalue weighted by atomic mass is 9.99. The van der Waals surface area contributed by atoms with Gasteiger partial charge >= 0.3 is 18.3 Å². The second-order valence-electron chi connectivity index (χ2n) is 8.22. The number of carbonyl (C=O) groups is 1. The van der Waals surface area contributed by atoms with Gasteiger partial charge in [-0.25, -0.2) is 4.39 Å². The fourth-order valence-corrected chi connectivity index (χ4v) is 3.62. The molecule has 0 bridgehead atoms. The van der Waals surface area contributed by atoms with Crippen LogP contribution in [0.15, 0.2) is 72.8 Å². The summed E-state index contributed by atoms with van der Waals surface area (Å²) in [5.74, 6) is -6.12. The zero-order valence-corrected chi connectivity index (χ0v) is 19.5. The van der Waals surface area contributed by atoms with Crippen LogP contribution in [0.5, 0.6) is 11.5 Å². The van der Waals surface area contributed by atoms with Crippen molar-refractivity contribution in [3.05, 3.63) is 95.3 Å². The van der Waals surface area contributed by atoms with Gasteiger partial charge in [0.25, 0.3) is 0 Å². The molecule has 11 heteroatoms. The van der Waals surface area contributed by atoms with Crippen LogP contribution in [0.1, 0.15) is 29.2 Å². The minimum atomic E-state index is -5.14. The third kappa shape index (κ3) is 7.88. The number of carboxylic acids is 1. The molecule has 3 aromatic rings. The van der Waals surface area contributed by atoms with Crippen molar-refractivity contribution >= 4 is 5.97 Å². The van der Waals surface area contributed by atoms with Gasteiger partial charge in [0.05, 0.1) is 12.1 Å². The first kappa shape index (κ1) is 27.9. The van der Waals surface area contributed by atoms with E-state index >= 15 is 8.78 Å². The lowest BCUT2D eigenvalue weighted by Gasteiger charge is -2.24. The Kier molecular flexibility index (Phi) is 8.69. The maximum absolute atomic E-state index is 15.2. The largest absolute Gasteiger partial charge is 0.573 e. The summed E-state index contributed by atoms with van der Waals surface area (Å²) in [4.78, 5) is 12.5. The van der Waals surface area contributed by atoms with Gasteiger partial charge in [0.15, 0.2) is 0 Å². The van der Waals surface area contributed by atoms with Crippen LogP contribution in [0.2, 0.25) is 0 Å². The first-order valence-electron chi connectivity index (χ1n) is 11.0. The van der Waals surface area contributed by atoms with Crippen molar-refractivity contribution in [2.75, 3.05) is 20.1 Å². The summed E-state index contributed by atoms with van der Waals surface area (Å²) in [6, 6.07) is 14.0. The van der Waals surface area contributed by atoms with E-state index in [9.17, 15) is 22.4 Å². The van der Waals surface area contributed by atoms with Crippen molar-refractivity contribution in [2.45, 2.75) is 24.8 Å². The molecule has 198 valence electrons. The van der Waals surface area contributed by atoms with Crippen molar-refractivity contribution in [2.24, 2.45) is 0 Å². The third-order valence-corrected chi connectivity index (χ3v) is 5.37. The third-order valence-electron chi connectivity index (χ3n) is 5.37. The van der Waals surface area contributed by atoms with Crippen LogP contribution in [0, 0.1) is 5.82 Å². The summed E-state index contributed by atoms with van der Waals surface area (Å²) in [5, 5.41) is 8.94. The highest BCUT2D eigenvalue weighted by Gasteiger charge is 2.40. The molecule has 0 heterocycles. The van der Waals surface area contributed by atoms with Crippen molar-refractivity contribution in [1.29, 1.82) is 0 Å². The van der Waals surface area contributed by atoms with Gasteiger partial charge < -0.3 is 14.6 Å². The van der Waals surface area contributed by atoms with E-state index in [2.05, 4.69) is 4.74 Å². The molecule has 1 atom stereocenters. The number of benzene rings is 3. The molecule has 5 nitrogen and oxygen atoms in total. The number of ether oxygens (including phenoxy) is 2. The summed E-state index contributed by atoms with van der Waals surface area (Å²) in [5.41, 5.74) is -0.956. The predicted molar refractivity (Wildman–Crippen MR) is 122 cm³/mol. The van der Waals surface area contributed by atoms with E-state index in [4.69, 9.17) is 9.84 Å². The van der Waals surface area contributed by atoms with E-state index in [-0.39, 0.29) is 12.3 Å². The molecule has 1 N–H and O–H groups in total. The number of aliphatic carboxylic acids is 1. The van der Waals surface area contributed by atoms with Crippen molar-refractivity contribution < 1.29 is 45.7 Å². The maximum atomic E-state index is 15.2. The van der Waals surface area contributed by atoms with E-state index in [1.54, 1.807) is 11.9 Å². The summed E-state index contributed by atoms with van der Waals surface area (Å²) in [7, 11) is 1.60. The lowest BCUT2D eigenvalue weighted by Crippen LogP contribution is -2.28. The highest BCUT2D eigenvalue weighted by Crippen LogP contribution is 2.42. The number of hydrogen-bond donors (Lipinski definition) is 1. The Balaban J connectivity index is 1.82. The summed E-state index contributed by atoms with van der Waals surface area (Å²) in [6.07, 6.45) is -5.50. The first-order valence-corrected chi connectivity index (χ1v) is 11.0. The molecule has 0 radical (unpaired) electrons. The normalized spacial score (nSPS) is 12.9. The number of carboxylic acid groups (broad SMARTS) is 1. The summed E-state index contributed by atoms with van der Waals surface area (Å²) < 4.78 is 91.5. The zero-order chi connectivity index (χ0) is 27.2. The highest BCUT2D eigenvalue weighted by molar-refractivity contribution is 5.69. The van der Waals surface area contributed by atoms with Gasteiger partial charge in [-0.05, 0) is 61.1 Å². The lowest BCUT2D eigenvalue weighted by molar-refractivity contribution is -0.275. The second-order valence-corrected chi connectivity index (χ2v) is 8.22. The number of rotatable bonds is 11. The van der Waals surface area contributed by atoms with E-state index in [0.717, 1.165) is 30.3 Å². The molecule has 3 rings (SSSR count). The Bertz CT molecular complexity index is 1180. The topological polar surface area (TPSA) is 59.0 Å². The van der Waals surface area contributed by atoms with Gasteiger partial charge in [0.2, 0.25) is 0 Å². The van der Waals surface area contributed by atoms with Crippen LogP contribution in [0.4, 0.5) is 26.3 Å². The summed E-state index contributed by atoms with van der Waals surface area (Å²) in [6.45, 7) is 0.0972. The fraction of sp³-hybridized carbons (Fsp3) is 0.269. The van der Waals surface area contributed by atoms with Crippen LogP contribution in [-0.4, -0.2) is 42.5 Å². The molecular formula is C26H23F6NO4. The molecule has 0 spiro atoms. The van der Waals surface area contributed by atoms with Crippen LogP contribution in [0.25, 0.3) is 0 Å². The number of para-hydroxylation sites is 1. The van der Waals surface area contributed by atoms with Gasteiger partial charge in [-0.2, -0.15) is 8.78 Å². The van der Waals surface area contributed by atoms with E-state index < -0.39 is 47.1 Å². The Labute approximate surface area is 208 Å². The minimum Gasteiger partial charge on any atom is -0.486 e. The molecule has 1 unspecified atom stereocenters. The highest BCUT2D eigenvalue weighted by atomic mass is 19.4. The SMILES string of the molecule is CN(CCC(Oc1ccc(C(F)(F)c2ccccc2OC(F)(F)F)cc1)c1ccc(F)cc1)CC(=O)O. The smallest absolute Gasteiger partial charge is 0.486 e. The zero-order valence-electron chi connectivity index (χ0n) is 19.5. The molecule has 0 saturated carbocycles. The standard InChI is InChI=1S/C26H23F6NO4/c1-33(16-24(34)35)15-14-22(17-6-10-19(27)11-7-17)36-20-12-8-18(9-13-20)25(28,29)21-4-2-3-5-23(21)37-26(30,31)32/h2-13,22H,14-16H2,1H3,(H,34,35). The molecule has 0 aliphatic heterocycles. The Morgan fingerprint density at radius 3 is 2.16 bits per heavy atom. The Morgan fingerprint density at radius 1 is 0.946 bits per heavy atom. The van der Waals surface area contributed by atoms with Crippen molar-refractivity contribution in [3.8, 4) is 11.5 Å². The Hall–Kier alpha value is -3.73. The number of likely N-dealkylation sites (N-methyl/N-ethyl adjacent to an activating group) is 1. The van der Waals surface area contributed by atoms with Gasteiger partial charge in [-0.15, -0.1) is 13.2 Å². The van der Waals surface area contributed by atoms with Gasteiger partial charge in [0, 0.05) is 18.5 Å². The van der Waals surface area contributed by atoms with E-state index in [0.29, 0.717) is 18.5 Å². The first-order chi connectivity index (χ1) is 17.3. The minimum absolute atomic E-state index is 0.176. The quantitative estimate of drug-likeness (QED) is 0.293. The van der Waals surface area contributed by atoms with E-state index in [1.807, 2.05) is 0 Å². The average molecular weight is 527 g/mol.